The van der Waals surface area contributed by atoms with Crippen molar-refractivity contribution in [3.05, 3.63) is 77.8 Å². The molecule has 0 unspecified atom stereocenters. The number of hydrogen-bond donors (Lipinski definition) is 2. The van der Waals surface area contributed by atoms with Crippen LogP contribution in [0.5, 0.6) is 0 Å². The van der Waals surface area contributed by atoms with Crippen LogP contribution in [0.25, 0.3) is 11.3 Å². The van der Waals surface area contributed by atoms with Crippen molar-refractivity contribution >= 4 is 23.3 Å². The number of rotatable bonds is 7. The Labute approximate surface area is 203 Å². The summed E-state index contributed by atoms with van der Waals surface area (Å²) in [5.41, 5.74) is 1.62. The van der Waals surface area contributed by atoms with Crippen molar-refractivity contribution in [2.75, 3.05) is 39.4 Å². The van der Waals surface area contributed by atoms with E-state index in [9.17, 15) is 9.90 Å². The number of nitrogens with one attached hydrogen (secondary N) is 1. The second kappa shape index (κ2) is 9.92. The van der Waals surface area contributed by atoms with Gasteiger partial charge < -0.3 is 24.5 Å². The Kier molecular flexibility index (Phi) is 6.57. The number of hydrogen-bond acceptors (Lipinski definition) is 6. The SMILES string of the molecule is O=C(O)c1ccccc1-c1ccc([C@H]2[C@H](c3ccccn3)NC(=S)N2CCN2CCOCC2)o1. The third kappa shape index (κ3) is 4.54. The molecule has 0 spiro atoms. The number of benzene rings is 1. The highest BCUT2D eigenvalue weighted by Gasteiger charge is 2.41. The van der Waals surface area contributed by atoms with Crippen molar-refractivity contribution in [3.63, 3.8) is 0 Å². The van der Waals surface area contributed by atoms with Gasteiger partial charge in [0.1, 0.15) is 17.6 Å². The Morgan fingerprint density at radius 1 is 1.09 bits per heavy atom. The number of pyridine rings is 1. The van der Waals surface area contributed by atoms with Crippen molar-refractivity contribution in [3.8, 4) is 11.3 Å². The van der Waals surface area contributed by atoms with Gasteiger partial charge >= 0.3 is 5.97 Å². The maximum atomic E-state index is 11.7. The van der Waals surface area contributed by atoms with E-state index in [2.05, 4.69) is 20.1 Å². The second-order valence-corrected chi connectivity index (χ2v) is 8.71. The normalized spacial score (nSPS) is 20.9. The lowest BCUT2D eigenvalue weighted by atomic mass is 10.0. The van der Waals surface area contributed by atoms with Crippen molar-refractivity contribution in [1.82, 2.24) is 20.1 Å². The molecule has 0 saturated carbocycles. The molecule has 5 rings (SSSR count). The van der Waals surface area contributed by atoms with Gasteiger partial charge in [0.05, 0.1) is 30.5 Å². The number of thiocarbonyl (C=S) groups is 1. The fourth-order valence-corrected chi connectivity index (χ4v) is 4.90. The zero-order valence-electron chi connectivity index (χ0n) is 18.6. The highest BCUT2D eigenvalue weighted by Crippen LogP contribution is 2.40. The zero-order valence-corrected chi connectivity index (χ0v) is 19.4. The summed E-state index contributed by atoms with van der Waals surface area (Å²) in [4.78, 5) is 20.8. The second-order valence-electron chi connectivity index (χ2n) is 8.33. The van der Waals surface area contributed by atoms with Crippen LogP contribution in [0, 0.1) is 0 Å². The molecule has 0 bridgehead atoms. The van der Waals surface area contributed by atoms with Gasteiger partial charge in [-0.05, 0) is 42.5 Å². The molecular formula is C25H26N4O4S. The molecule has 2 saturated heterocycles. The summed E-state index contributed by atoms with van der Waals surface area (Å²) in [6, 6.07) is 16.0. The number of morpholine rings is 1. The molecule has 8 nitrogen and oxygen atoms in total. The number of aromatic carboxylic acids is 1. The molecule has 2 aliphatic rings. The molecule has 3 aromatic rings. The number of ether oxygens (including phenoxy) is 1. The molecule has 2 fully saturated rings. The van der Waals surface area contributed by atoms with Gasteiger partial charge in [0.15, 0.2) is 5.11 Å². The number of aromatic nitrogens is 1. The number of carbonyl (C=O) groups is 1. The predicted molar refractivity (Wildman–Crippen MR) is 131 cm³/mol. The van der Waals surface area contributed by atoms with E-state index in [0.717, 1.165) is 45.1 Å². The van der Waals surface area contributed by atoms with Crippen LogP contribution in [0.1, 0.15) is 33.9 Å². The summed E-state index contributed by atoms with van der Waals surface area (Å²) < 4.78 is 11.8. The third-order valence-electron chi connectivity index (χ3n) is 6.30. The van der Waals surface area contributed by atoms with Crippen molar-refractivity contribution in [2.45, 2.75) is 12.1 Å². The lowest BCUT2D eigenvalue weighted by Gasteiger charge is -2.31. The molecule has 176 valence electrons. The van der Waals surface area contributed by atoms with Crippen LogP contribution in [-0.4, -0.2) is 70.4 Å². The van der Waals surface area contributed by atoms with E-state index < -0.39 is 5.97 Å². The van der Waals surface area contributed by atoms with Crippen molar-refractivity contribution in [1.29, 1.82) is 0 Å². The van der Waals surface area contributed by atoms with E-state index in [0.29, 0.717) is 22.2 Å². The van der Waals surface area contributed by atoms with Gasteiger partial charge in [0.25, 0.3) is 0 Å². The van der Waals surface area contributed by atoms with Crippen LogP contribution in [0.3, 0.4) is 0 Å². The Morgan fingerprint density at radius 2 is 1.88 bits per heavy atom. The van der Waals surface area contributed by atoms with Gasteiger partial charge in [-0.15, -0.1) is 0 Å². The zero-order chi connectivity index (χ0) is 23.5. The molecule has 2 atom stereocenters. The molecule has 9 heteroatoms. The van der Waals surface area contributed by atoms with Crippen LogP contribution in [0.15, 0.2) is 65.2 Å². The van der Waals surface area contributed by atoms with Crippen LogP contribution in [-0.2, 0) is 4.74 Å². The first-order valence-corrected chi connectivity index (χ1v) is 11.7. The first-order valence-electron chi connectivity index (χ1n) is 11.3. The Bertz CT molecular complexity index is 1160. The van der Waals surface area contributed by atoms with E-state index in [1.807, 2.05) is 36.4 Å². The summed E-state index contributed by atoms with van der Waals surface area (Å²) in [6.45, 7) is 4.87. The van der Waals surface area contributed by atoms with Gasteiger partial charge in [-0.25, -0.2) is 4.79 Å². The van der Waals surface area contributed by atoms with Crippen LogP contribution in [0.4, 0.5) is 0 Å². The minimum Gasteiger partial charge on any atom is -0.478 e. The standard InChI is InChI=1S/C25H26N4O4S/c30-24(31)18-6-2-1-5-17(18)20-8-9-21(33-20)23-22(19-7-3-4-10-26-19)27-25(34)29(23)12-11-28-13-15-32-16-14-28/h1-10,22-23H,11-16H2,(H,27,34)(H,30,31)/t22-,23-/m0/s1. The Morgan fingerprint density at radius 3 is 2.65 bits per heavy atom. The summed E-state index contributed by atoms with van der Waals surface area (Å²) in [5, 5.41) is 13.7. The average Bonchev–Trinajstić information content (AvgIpc) is 3.48. The molecular weight excluding hydrogens is 452 g/mol. The lowest BCUT2D eigenvalue weighted by Crippen LogP contribution is -2.42. The highest BCUT2D eigenvalue weighted by atomic mass is 32.1. The third-order valence-corrected chi connectivity index (χ3v) is 6.65. The first kappa shape index (κ1) is 22.5. The number of carboxylic acid groups (broad SMARTS) is 1. The molecule has 2 aromatic heterocycles. The summed E-state index contributed by atoms with van der Waals surface area (Å²) >= 11 is 5.74. The maximum absolute atomic E-state index is 11.7. The van der Waals surface area contributed by atoms with E-state index >= 15 is 0 Å². The molecule has 34 heavy (non-hydrogen) atoms. The number of nitrogens with zero attached hydrogens (tertiary/aromatic N) is 3. The minimum atomic E-state index is -0.990. The molecule has 1 aromatic carbocycles. The summed E-state index contributed by atoms with van der Waals surface area (Å²) in [7, 11) is 0. The largest absolute Gasteiger partial charge is 0.478 e. The monoisotopic (exact) mass is 478 g/mol. The lowest BCUT2D eigenvalue weighted by molar-refractivity contribution is 0.0347. The predicted octanol–water partition coefficient (Wildman–Crippen LogP) is 3.34. The number of furan rings is 1. The summed E-state index contributed by atoms with van der Waals surface area (Å²) in [6.07, 6.45) is 1.77. The van der Waals surface area contributed by atoms with Gasteiger partial charge in [0.2, 0.25) is 0 Å². The van der Waals surface area contributed by atoms with Gasteiger partial charge in [-0.3, -0.25) is 9.88 Å². The van der Waals surface area contributed by atoms with Gasteiger partial charge in [-0.2, -0.15) is 0 Å². The van der Waals surface area contributed by atoms with Gasteiger partial charge in [0, 0.05) is 37.9 Å². The quantitative estimate of drug-likeness (QED) is 0.496. The first-order chi connectivity index (χ1) is 16.6. The van der Waals surface area contributed by atoms with Crippen molar-refractivity contribution in [2.24, 2.45) is 0 Å². The smallest absolute Gasteiger partial charge is 0.336 e. The molecule has 2 N–H and O–H groups in total. The van der Waals surface area contributed by atoms with Gasteiger partial charge in [-0.1, -0.05) is 24.3 Å². The minimum absolute atomic E-state index is 0.188. The molecule has 2 aliphatic heterocycles. The molecule has 0 radical (unpaired) electrons. The van der Waals surface area contributed by atoms with E-state index in [4.69, 9.17) is 21.4 Å². The maximum Gasteiger partial charge on any atom is 0.336 e. The van der Waals surface area contributed by atoms with Crippen LogP contribution in [0.2, 0.25) is 0 Å². The van der Waals surface area contributed by atoms with E-state index in [-0.39, 0.29) is 17.6 Å². The molecule has 4 heterocycles. The molecule has 0 aliphatic carbocycles. The van der Waals surface area contributed by atoms with Crippen LogP contribution < -0.4 is 5.32 Å². The number of carboxylic acids is 1. The summed E-state index contributed by atoms with van der Waals surface area (Å²) in [5.74, 6) is 0.231. The fraction of sp³-hybridized carbons (Fsp3) is 0.320. The van der Waals surface area contributed by atoms with Crippen molar-refractivity contribution < 1.29 is 19.1 Å². The van der Waals surface area contributed by atoms with E-state index in [1.54, 1.807) is 24.4 Å². The topological polar surface area (TPSA) is 91.1 Å². The molecule has 0 amide bonds. The fourth-order valence-electron chi connectivity index (χ4n) is 4.57. The Balaban J connectivity index is 1.47. The Hall–Kier alpha value is -3.27. The highest BCUT2D eigenvalue weighted by molar-refractivity contribution is 7.80. The van der Waals surface area contributed by atoms with Crippen LogP contribution >= 0.6 is 12.2 Å². The van der Waals surface area contributed by atoms with E-state index in [1.165, 1.54) is 0 Å². The average molecular weight is 479 g/mol.